The Kier molecular flexibility index (Phi) is 8.25. The van der Waals surface area contributed by atoms with Crippen LogP contribution in [0.1, 0.15) is 25.7 Å². The van der Waals surface area contributed by atoms with Crippen molar-refractivity contribution in [3.05, 3.63) is 54.1 Å². The molecule has 180 valence electrons. The molecule has 33 heavy (non-hydrogen) atoms. The van der Waals surface area contributed by atoms with E-state index in [0.717, 1.165) is 54.4 Å². The molecule has 1 heterocycles. The van der Waals surface area contributed by atoms with Crippen LogP contribution in [0.3, 0.4) is 0 Å². The maximum absolute atomic E-state index is 13.5. The Hall–Kier alpha value is -2.72. The topological polar surface area (TPSA) is 79.0 Å². The molecule has 0 radical (unpaired) electrons. The first kappa shape index (κ1) is 24.9. The summed E-state index contributed by atoms with van der Waals surface area (Å²) in [6, 6.07) is 10.0. The number of anilines is 2. The largest absolute Gasteiger partial charge is 0.490 e. The van der Waals surface area contributed by atoms with E-state index in [1.165, 1.54) is 6.07 Å². The van der Waals surface area contributed by atoms with Gasteiger partial charge in [-0.3, -0.25) is 9.10 Å². The first-order valence-electron chi connectivity index (χ1n) is 10.8. The molecule has 1 amide bonds. The molecule has 1 saturated heterocycles. The van der Waals surface area contributed by atoms with Crippen molar-refractivity contribution in [3.8, 4) is 5.75 Å². The molecule has 0 aliphatic carbocycles. The molecular formula is C23H29F2N3O4S. The summed E-state index contributed by atoms with van der Waals surface area (Å²) in [5, 5.41) is 2.77. The molecule has 1 aliphatic rings. The molecule has 1 N–H and O–H groups in total. The van der Waals surface area contributed by atoms with Crippen LogP contribution in [0.2, 0.25) is 0 Å². The summed E-state index contributed by atoms with van der Waals surface area (Å²) in [5.41, 5.74) is 0.619. The van der Waals surface area contributed by atoms with Gasteiger partial charge in [-0.1, -0.05) is 0 Å². The van der Waals surface area contributed by atoms with Gasteiger partial charge in [0.15, 0.2) is 11.6 Å². The Morgan fingerprint density at radius 1 is 1.12 bits per heavy atom. The van der Waals surface area contributed by atoms with Gasteiger partial charge >= 0.3 is 0 Å². The highest BCUT2D eigenvalue weighted by Crippen LogP contribution is 2.22. The SMILES string of the molecule is CN1CCC(Oc2ccc(NC(=O)CCCN(c3ccc(F)c(F)c3)S(C)(=O)=O)cc2)CC1. The molecule has 1 aliphatic heterocycles. The van der Waals surface area contributed by atoms with Crippen LogP contribution < -0.4 is 14.4 Å². The molecule has 10 heteroatoms. The lowest BCUT2D eigenvalue weighted by molar-refractivity contribution is -0.116. The highest BCUT2D eigenvalue weighted by molar-refractivity contribution is 7.92. The second kappa shape index (κ2) is 10.9. The number of carbonyl (C=O) groups is 1. The molecule has 0 spiro atoms. The van der Waals surface area contributed by atoms with Crippen molar-refractivity contribution >= 4 is 27.3 Å². The summed E-state index contributed by atoms with van der Waals surface area (Å²) in [5.74, 6) is -1.73. The van der Waals surface area contributed by atoms with Crippen LogP contribution in [0, 0.1) is 11.6 Å². The quantitative estimate of drug-likeness (QED) is 0.592. The number of rotatable bonds is 9. The maximum Gasteiger partial charge on any atom is 0.232 e. The van der Waals surface area contributed by atoms with Crippen molar-refractivity contribution in [2.45, 2.75) is 31.8 Å². The second-order valence-electron chi connectivity index (χ2n) is 8.23. The van der Waals surface area contributed by atoms with Gasteiger partial charge in [0.25, 0.3) is 0 Å². The predicted molar refractivity (Wildman–Crippen MR) is 124 cm³/mol. The van der Waals surface area contributed by atoms with Crippen molar-refractivity contribution in [3.63, 3.8) is 0 Å². The predicted octanol–water partition coefficient (Wildman–Crippen LogP) is 3.62. The third-order valence-electron chi connectivity index (χ3n) is 5.46. The number of piperidine rings is 1. The van der Waals surface area contributed by atoms with Crippen LogP contribution in [-0.4, -0.2) is 58.3 Å². The molecule has 7 nitrogen and oxygen atoms in total. The zero-order valence-corrected chi connectivity index (χ0v) is 19.6. The van der Waals surface area contributed by atoms with Crippen LogP contribution in [-0.2, 0) is 14.8 Å². The molecule has 0 atom stereocenters. The lowest BCUT2D eigenvalue weighted by Gasteiger charge is -2.29. The summed E-state index contributed by atoms with van der Waals surface area (Å²) in [4.78, 5) is 14.6. The molecule has 0 bridgehead atoms. The average Bonchev–Trinajstić information content (AvgIpc) is 2.75. The fourth-order valence-corrected chi connectivity index (χ4v) is 4.60. The van der Waals surface area contributed by atoms with Crippen molar-refractivity contribution in [2.24, 2.45) is 0 Å². The summed E-state index contributed by atoms with van der Waals surface area (Å²) in [6.07, 6.45) is 3.38. The lowest BCUT2D eigenvalue weighted by Crippen LogP contribution is -2.35. The minimum absolute atomic E-state index is 0.0111. The summed E-state index contributed by atoms with van der Waals surface area (Å²) >= 11 is 0. The first-order valence-corrected chi connectivity index (χ1v) is 12.6. The minimum atomic E-state index is -3.73. The number of hydrogen-bond acceptors (Lipinski definition) is 5. The minimum Gasteiger partial charge on any atom is -0.490 e. The van der Waals surface area contributed by atoms with Crippen molar-refractivity contribution in [1.29, 1.82) is 0 Å². The number of nitrogens with zero attached hydrogens (tertiary/aromatic N) is 2. The fraction of sp³-hybridized carbons (Fsp3) is 0.435. The van der Waals surface area contributed by atoms with E-state index in [9.17, 15) is 22.0 Å². The Morgan fingerprint density at radius 3 is 2.39 bits per heavy atom. The van der Waals surface area contributed by atoms with Gasteiger partial charge in [-0.25, -0.2) is 17.2 Å². The second-order valence-corrected chi connectivity index (χ2v) is 10.1. The number of halogens is 2. The normalized spacial score (nSPS) is 15.3. The summed E-state index contributed by atoms with van der Waals surface area (Å²) < 4.78 is 57.8. The van der Waals surface area contributed by atoms with Gasteiger partial charge in [0.05, 0.1) is 11.9 Å². The van der Waals surface area contributed by atoms with E-state index >= 15 is 0 Å². The van der Waals surface area contributed by atoms with E-state index in [-0.39, 0.29) is 37.1 Å². The number of amides is 1. The number of carbonyl (C=O) groups excluding carboxylic acids is 1. The van der Waals surface area contributed by atoms with E-state index in [1.807, 2.05) is 12.1 Å². The monoisotopic (exact) mass is 481 g/mol. The number of benzene rings is 2. The number of hydrogen-bond donors (Lipinski definition) is 1. The fourth-order valence-electron chi connectivity index (χ4n) is 3.65. The number of sulfonamides is 1. The van der Waals surface area contributed by atoms with E-state index in [1.54, 1.807) is 12.1 Å². The van der Waals surface area contributed by atoms with Crippen LogP contribution in [0.25, 0.3) is 0 Å². The maximum atomic E-state index is 13.5. The zero-order chi connectivity index (χ0) is 24.0. The van der Waals surface area contributed by atoms with Crippen LogP contribution in [0.5, 0.6) is 5.75 Å². The highest BCUT2D eigenvalue weighted by Gasteiger charge is 2.20. The Bertz CT molecular complexity index is 1060. The number of likely N-dealkylation sites (tertiary alicyclic amines) is 1. The lowest BCUT2D eigenvalue weighted by atomic mass is 10.1. The molecule has 2 aromatic carbocycles. The smallest absolute Gasteiger partial charge is 0.232 e. The third kappa shape index (κ3) is 7.40. The third-order valence-corrected chi connectivity index (χ3v) is 6.66. The molecule has 0 aromatic heterocycles. The molecule has 2 aromatic rings. The van der Waals surface area contributed by atoms with Crippen molar-refractivity contribution < 1.29 is 26.7 Å². The van der Waals surface area contributed by atoms with Crippen molar-refractivity contribution in [2.75, 3.05) is 42.6 Å². The molecule has 3 rings (SSSR count). The molecule has 0 saturated carbocycles. The summed E-state index contributed by atoms with van der Waals surface area (Å²) in [7, 11) is -1.64. The van der Waals surface area contributed by atoms with Crippen molar-refractivity contribution in [1.82, 2.24) is 4.90 Å². The van der Waals surface area contributed by atoms with Crippen LogP contribution in [0.4, 0.5) is 20.2 Å². The van der Waals surface area contributed by atoms with Gasteiger partial charge in [-0.15, -0.1) is 0 Å². The van der Waals surface area contributed by atoms with Gasteiger partial charge in [0, 0.05) is 37.8 Å². The van der Waals surface area contributed by atoms with Gasteiger partial charge < -0.3 is 15.0 Å². The molecule has 1 fully saturated rings. The molecular weight excluding hydrogens is 452 g/mol. The van der Waals surface area contributed by atoms with Crippen LogP contribution in [0.15, 0.2) is 42.5 Å². The van der Waals surface area contributed by atoms with E-state index in [0.29, 0.717) is 5.69 Å². The number of nitrogens with one attached hydrogen (secondary N) is 1. The Morgan fingerprint density at radius 2 is 1.79 bits per heavy atom. The first-order chi connectivity index (χ1) is 15.6. The Labute approximate surface area is 193 Å². The average molecular weight is 482 g/mol. The number of ether oxygens (including phenoxy) is 1. The van der Waals surface area contributed by atoms with E-state index < -0.39 is 21.7 Å². The van der Waals surface area contributed by atoms with Gasteiger partial charge in [-0.05, 0) is 62.7 Å². The van der Waals surface area contributed by atoms with Gasteiger partial charge in [0.1, 0.15) is 11.9 Å². The van der Waals surface area contributed by atoms with E-state index in [4.69, 9.17) is 4.74 Å². The van der Waals surface area contributed by atoms with Crippen LogP contribution >= 0.6 is 0 Å². The zero-order valence-electron chi connectivity index (χ0n) is 18.8. The van der Waals surface area contributed by atoms with Gasteiger partial charge in [-0.2, -0.15) is 0 Å². The standard InChI is InChI=1S/C23H29F2N3O4S/c1-27-14-11-20(12-15-27)32-19-8-5-17(6-9-19)26-23(29)4-3-13-28(33(2,30)31)18-7-10-21(24)22(25)16-18/h5-10,16,20H,3-4,11-15H2,1-2H3,(H,26,29). The Balaban J connectivity index is 1.49. The highest BCUT2D eigenvalue weighted by atomic mass is 32.2. The summed E-state index contributed by atoms with van der Waals surface area (Å²) in [6.45, 7) is 1.97. The van der Waals surface area contributed by atoms with Gasteiger partial charge in [0.2, 0.25) is 15.9 Å². The molecule has 0 unspecified atom stereocenters. The van der Waals surface area contributed by atoms with E-state index in [2.05, 4.69) is 17.3 Å².